The lowest BCUT2D eigenvalue weighted by atomic mass is 9.85. The van der Waals surface area contributed by atoms with E-state index in [4.69, 9.17) is 0 Å². The number of alkyl halides is 3. The Bertz CT molecular complexity index is 512. The number of nitrogens with one attached hydrogen (secondary N) is 2. The van der Waals surface area contributed by atoms with Gasteiger partial charge in [-0.25, -0.2) is 0 Å². The van der Waals surface area contributed by atoms with Crippen LogP contribution >= 0.6 is 0 Å². The van der Waals surface area contributed by atoms with Gasteiger partial charge >= 0.3 is 6.18 Å². The van der Waals surface area contributed by atoms with Gasteiger partial charge < -0.3 is 10.6 Å². The number of guanidine groups is 1. The topological polar surface area (TPSA) is 39.7 Å². The van der Waals surface area contributed by atoms with E-state index in [2.05, 4.69) is 41.6 Å². The quantitative estimate of drug-likeness (QED) is 0.590. The van der Waals surface area contributed by atoms with Gasteiger partial charge in [0.1, 0.15) is 0 Å². The summed E-state index contributed by atoms with van der Waals surface area (Å²) in [6.07, 6.45) is -4.17. The molecule has 0 amide bonds. The Kier molecular flexibility index (Phi) is 7.54. The second-order valence-electron chi connectivity index (χ2n) is 6.46. The minimum absolute atomic E-state index is 0.0913. The fourth-order valence-corrected chi connectivity index (χ4v) is 2.27. The zero-order valence-electron chi connectivity index (χ0n) is 14.7. The molecule has 0 aliphatic rings. The zero-order valence-corrected chi connectivity index (χ0v) is 14.7. The SMILES string of the molecule is CN=C(NCCN(C)CC(F)(F)F)NCC(C)(C)c1ccccc1. The van der Waals surface area contributed by atoms with E-state index in [1.807, 2.05) is 18.2 Å². The van der Waals surface area contributed by atoms with E-state index in [1.165, 1.54) is 17.5 Å². The van der Waals surface area contributed by atoms with Crippen LogP contribution in [0.15, 0.2) is 35.3 Å². The molecule has 0 spiro atoms. The summed E-state index contributed by atoms with van der Waals surface area (Å²) in [4.78, 5) is 5.34. The Labute approximate surface area is 142 Å². The number of nitrogens with zero attached hydrogens (tertiary/aromatic N) is 2. The highest BCUT2D eigenvalue weighted by molar-refractivity contribution is 5.79. The summed E-state index contributed by atoms with van der Waals surface area (Å²) >= 11 is 0. The van der Waals surface area contributed by atoms with Crippen molar-refractivity contribution in [2.24, 2.45) is 4.99 Å². The van der Waals surface area contributed by atoms with Gasteiger partial charge in [0.15, 0.2) is 5.96 Å². The molecule has 1 rings (SSSR count). The van der Waals surface area contributed by atoms with Crippen LogP contribution < -0.4 is 10.6 Å². The van der Waals surface area contributed by atoms with E-state index in [0.717, 1.165) is 0 Å². The molecule has 1 aromatic carbocycles. The van der Waals surface area contributed by atoms with Gasteiger partial charge in [0.05, 0.1) is 6.54 Å². The molecule has 0 aliphatic heterocycles. The van der Waals surface area contributed by atoms with Crippen LogP contribution in [0.5, 0.6) is 0 Å². The van der Waals surface area contributed by atoms with Gasteiger partial charge in [-0.1, -0.05) is 44.2 Å². The lowest BCUT2D eigenvalue weighted by Gasteiger charge is -2.27. The third-order valence-corrected chi connectivity index (χ3v) is 3.71. The third-order valence-electron chi connectivity index (χ3n) is 3.71. The molecule has 24 heavy (non-hydrogen) atoms. The number of hydrogen-bond acceptors (Lipinski definition) is 2. The zero-order chi connectivity index (χ0) is 18.2. The van der Waals surface area contributed by atoms with Crippen molar-refractivity contribution in [3.05, 3.63) is 35.9 Å². The second kappa shape index (κ2) is 8.92. The lowest BCUT2D eigenvalue weighted by molar-refractivity contribution is -0.142. The highest BCUT2D eigenvalue weighted by atomic mass is 19.4. The smallest absolute Gasteiger partial charge is 0.356 e. The van der Waals surface area contributed by atoms with Crippen LogP contribution in [0.3, 0.4) is 0 Å². The van der Waals surface area contributed by atoms with Crippen molar-refractivity contribution in [2.75, 3.05) is 40.3 Å². The number of halogens is 3. The first kappa shape index (κ1) is 20.3. The maximum Gasteiger partial charge on any atom is 0.401 e. The first-order chi connectivity index (χ1) is 11.1. The largest absolute Gasteiger partial charge is 0.401 e. The van der Waals surface area contributed by atoms with Crippen molar-refractivity contribution in [3.63, 3.8) is 0 Å². The van der Waals surface area contributed by atoms with E-state index in [1.54, 1.807) is 7.05 Å². The van der Waals surface area contributed by atoms with Gasteiger partial charge in [-0.2, -0.15) is 13.2 Å². The Morgan fingerprint density at radius 3 is 2.29 bits per heavy atom. The van der Waals surface area contributed by atoms with Crippen molar-refractivity contribution >= 4 is 5.96 Å². The molecule has 2 N–H and O–H groups in total. The molecule has 0 bridgehead atoms. The molecule has 0 unspecified atom stereocenters. The predicted molar refractivity (Wildman–Crippen MR) is 92.4 cm³/mol. The monoisotopic (exact) mass is 344 g/mol. The van der Waals surface area contributed by atoms with Gasteiger partial charge in [0.25, 0.3) is 0 Å². The third kappa shape index (κ3) is 7.68. The molecule has 136 valence electrons. The van der Waals surface area contributed by atoms with Crippen LogP contribution in [0.1, 0.15) is 19.4 Å². The van der Waals surface area contributed by atoms with Gasteiger partial charge in [-0.3, -0.25) is 9.89 Å². The number of benzene rings is 1. The maximum absolute atomic E-state index is 12.3. The molecule has 0 radical (unpaired) electrons. The van der Waals surface area contributed by atoms with E-state index in [0.29, 0.717) is 19.0 Å². The van der Waals surface area contributed by atoms with Crippen molar-refractivity contribution in [1.29, 1.82) is 0 Å². The van der Waals surface area contributed by atoms with Gasteiger partial charge in [-0.05, 0) is 12.6 Å². The van der Waals surface area contributed by atoms with E-state index in [-0.39, 0.29) is 12.0 Å². The molecule has 0 heterocycles. The number of rotatable bonds is 7. The number of hydrogen-bond donors (Lipinski definition) is 2. The highest BCUT2D eigenvalue weighted by Crippen LogP contribution is 2.21. The van der Waals surface area contributed by atoms with E-state index in [9.17, 15) is 13.2 Å². The summed E-state index contributed by atoms with van der Waals surface area (Å²) in [7, 11) is 3.09. The highest BCUT2D eigenvalue weighted by Gasteiger charge is 2.28. The molecule has 0 atom stereocenters. The summed E-state index contributed by atoms with van der Waals surface area (Å²) in [5.74, 6) is 0.583. The van der Waals surface area contributed by atoms with Gasteiger partial charge in [0, 0.05) is 32.1 Å². The average molecular weight is 344 g/mol. The average Bonchev–Trinajstić information content (AvgIpc) is 2.49. The minimum atomic E-state index is -4.17. The number of likely N-dealkylation sites (N-methyl/N-ethyl adjacent to an activating group) is 1. The fraction of sp³-hybridized carbons (Fsp3) is 0.588. The molecule has 0 aromatic heterocycles. The fourth-order valence-electron chi connectivity index (χ4n) is 2.27. The van der Waals surface area contributed by atoms with Crippen LogP contribution in [-0.4, -0.2) is 57.3 Å². The lowest BCUT2D eigenvalue weighted by Crippen LogP contribution is -2.45. The molecule has 0 aliphatic carbocycles. The van der Waals surface area contributed by atoms with Crippen molar-refractivity contribution < 1.29 is 13.2 Å². The summed E-state index contributed by atoms with van der Waals surface area (Å²) in [5, 5.41) is 6.27. The first-order valence-corrected chi connectivity index (χ1v) is 7.89. The number of aliphatic imine (C=N–C) groups is 1. The van der Waals surface area contributed by atoms with Crippen LogP contribution in [0.2, 0.25) is 0 Å². The molecular formula is C17H27F3N4. The van der Waals surface area contributed by atoms with Crippen LogP contribution in [0, 0.1) is 0 Å². The van der Waals surface area contributed by atoms with Gasteiger partial charge in [0.2, 0.25) is 0 Å². The molecular weight excluding hydrogens is 317 g/mol. The summed E-state index contributed by atoms with van der Waals surface area (Å²) < 4.78 is 36.8. The van der Waals surface area contributed by atoms with E-state index >= 15 is 0 Å². The Balaban J connectivity index is 2.40. The molecule has 1 aromatic rings. The molecule has 7 heteroatoms. The molecule has 0 fully saturated rings. The molecule has 4 nitrogen and oxygen atoms in total. The van der Waals surface area contributed by atoms with Gasteiger partial charge in [-0.15, -0.1) is 0 Å². The first-order valence-electron chi connectivity index (χ1n) is 7.89. The Morgan fingerprint density at radius 2 is 1.75 bits per heavy atom. The summed E-state index contributed by atoms with van der Waals surface area (Å²) in [6, 6.07) is 10.1. The summed E-state index contributed by atoms with van der Waals surface area (Å²) in [5.41, 5.74) is 1.12. The van der Waals surface area contributed by atoms with Crippen LogP contribution in [0.25, 0.3) is 0 Å². The van der Waals surface area contributed by atoms with E-state index < -0.39 is 12.7 Å². The Morgan fingerprint density at radius 1 is 1.12 bits per heavy atom. The van der Waals surface area contributed by atoms with Crippen molar-refractivity contribution in [1.82, 2.24) is 15.5 Å². The standard InChI is InChI=1S/C17H27F3N4/c1-16(2,14-8-6-5-7-9-14)12-23-15(21-3)22-10-11-24(4)13-17(18,19)20/h5-9H,10-13H2,1-4H3,(H2,21,22,23). The summed E-state index contributed by atoms with van der Waals surface area (Å²) in [6.45, 7) is 4.66. The predicted octanol–water partition coefficient (Wildman–Crippen LogP) is 2.62. The normalized spacial score (nSPS) is 13.2. The Hall–Kier alpha value is -1.76. The molecule has 0 saturated carbocycles. The minimum Gasteiger partial charge on any atom is -0.356 e. The molecule has 0 saturated heterocycles. The maximum atomic E-state index is 12.3. The second-order valence-corrected chi connectivity index (χ2v) is 6.46. The van der Waals surface area contributed by atoms with Crippen LogP contribution in [-0.2, 0) is 5.41 Å². The van der Waals surface area contributed by atoms with Crippen molar-refractivity contribution in [3.8, 4) is 0 Å². The van der Waals surface area contributed by atoms with Crippen molar-refractivity contribution in [2.45, 2.75) is 25.4 Å². The van der Waals surface area contributed by atoms with Crippen LogP contribution in [0.4, 0.5) is 13.2 Å².